The van der Waals surface area contributed by atoms with Crippen LogP contribution >= 0.6 is 0 Å². The highest BCUT2D eigenvalue weighted by atomic mass is 14.9. The molecule has 1 N–H and O–H groups in total. The zero-order valence-electron chi connectivity index (χ0n) is 9.80. The van der Waals surface area contributed by atoms with E-state index in [0.717, 1.165) is 17.8 Å². The number of hydrogen-bond donors (Lipinski definition) is 1. The second-order valence-corrected chi connectivity index (χ2v) is 3.58. The third-order valence-corrected chi connectivity index (χ3v) is 2.35. The molecule has 1 aromatic carbocycles. The van der Waals surface area contributed by atoms with Crippen molar-refractivity contribution in [3.05, 3.63) is 53.7 Å². The molecular weight excluding hydrogens is 182 g/mol. The Morgan fingerprint density at radius 1 is 1.47 bits per heavy atom. The van der Waals surface area contributed by atoms with Crippen LogP contribution in [-0.2, 0) is 0 Å². The summed E-state index contributed by atoms with van der Waals surface area (Å²) in [4.78, 5) is 0. The van der Waals surface area contributed by atoms with E-state index in [1.165, 1.54) is 11.1 Å². The van der Waals surface area contributed by atoms with Gasteiger partial charge in [0.1, 0.15) is 0 Å². The predicted octanol–water partition coefficient (Wildman–Crippen LogP) is 3.52. The molecule has 0 saturated carbocycles. The molecule has 0 aliphatic rings. The average Bonchev–Trinajstić information content (AvgIpc) is 2.25. The molecule has 0 amide bonds. The van der Waals surface area contributed by atoms with Gasteiger partial charge >= 0.3 is 0 Å². The zero-order chi connectivity index (χ0) is 11.3. The largest absolute Gasteiger partial charge is 0.385 e. The van der Waals surface area contributed by atoms with Gasteiger partial charge in [0.15, 0.2) is 0 Å². The van der Waals surface area contributed by atoms with Crippen molar-refractivity contribution in [1.29, 1.82) is 0 Å². The van der Waals surface area contributed by atoms with Crippen LogP contribution in [0.4, 0.5) is 0 Å². The predicted molar refractivity (Wildman–Crippen MR) is 67.6 cm³/mol. The van der Waals surface area contributed by atoms with Gasteiger partial charge in [-0.15, -0.1) is 0 Å². The lowest BCUT2D eigenvalue weighted by Gasteiger charge is -2.12. The number of allylic oxidation sites excluding steroid dienone is 2. The Balaban J connectivity index is 2.93. The smallest absolute Gasteiger partial charge is 0.0370 e. The Labute approximate surface area is 92.5 Å². The van der Waals surface area contributed by atoms with Crippen LogP contribution in [0.3, 0.4) is 0 Å². The minimum absolute atomic E-state index is 0.921. The number of benzene rings is 1. The molecule has 0 aromatic heterocycles. The molecule has 0 radical (unpaired) electrons. The van der Waals surface area contributed by atoms with E-state index in [9.17, 15) is 0 Å². The van der Waals surface area contributed by atoms with Gasteiger partial charge in [-0.2, -0.15) is 0 Å². The molecule has 1 rings (SSSR count). The Morgan fingerprint density at radius 2 is 2.20 bits per heavy atom. The molecule has 0 atom stereocenters. The Bertz CT molecular complexity index is 375. The average molecular weight is 201 g/mol. The molecular formula is C14H19N. The first-order valence-electron chi connectivity index (χ1n) is 5.35. The van der Waals surface area contributed by atoms with Crippen molar-refractivity contribution < 1.29 is 0 Å². The molecule has 0 saturated heterocycles. The zero-order valence-corrected chi connectivity index (χ0v) is 9.80. The molecule has 0 spiro atoms. The third-order valence-electron chi connectivity index (χ3n) is 2.35. The van der Waals surface area contributed by atoms with E-state index in [4.69, 9.17) is 0 Å². The van der Waals surface area contributed by atoms with Crippen LogP contribution in [0.5, 0.6) is 0 Å². The summed E-state index contributed by atoms with van der Waals surface area (Å²) in [5, 5.41) is 3.31. The Morgan fingerprint density at radius 3 is 2.73 bits per heavy atom. The van der Waals surface area contributed by atoms with Crippen LogP contribution in [0, 0.1) is 6.92 Å². The topological polar surface area (TPSA) is 12.0 Å². The molecule has 0 aliphatic carbocycles. The van der Waals surface area contributed by atoms with Crippen LogP contribution in [0.1, 0.15) is 25.0 Å². The molecule has 1 aromatic rings. The maximum absolute atomic E-state index is 4.13. The molecule has 1 nitrogen and oxygen atoms in total. The van der Waals surface area contributed by atoms with Crippen LogP contribution in [-0.4, -0.2) is 6.54 Å². The minimum Gasteiger partial charge on any atom is -0.385 e. The van der Waals surface area contributed by atoms with Gasteiger partial charge in [-0.25, -0.2) is 0 Å². The molecule has 0 bridgehead atoms. The second-order valence-electron chi connectivity index (χ2n) is 3.58. The normalized spacial score (nSPS) is 11.3. The highest BCUT2D eigenvalue weighted by Crippen LogP contribution is 2.19. The highest BCUT2D eigenvalue weighted by Gasteiger charge is 2.03. The maximum atomic E-state index is 4.13. The standard InChI is InChI=1S/C14H19N/c1-5-14(15-6-2)12(4)13-9-7-8-11(3)10-13/h5,7-10,15H,4,6H2,1-3H3/b14-5-. The van der Waals surface area contributed by atoms with E-state index in [1.54, 1.807) is 0 Å². The summed E-state index contributed by atoms with van der Waals surface area (Å²) in [6.45, 7) is 11.3. The van der Waals surface area contributed by atoms with Crippen molar-refractivity contribution in [3.8, 4) is 0 Å². The number of aryl methyl sites for hydroxylation is 1. The fraction of sp³-hybridized carbons (Fsp3) is 0.286. The fourth-order valence-electron chi connectivity index (χ4n) is 1.56. The van der Waals surface area contributed by atoms with Crippen LogP contribution in [0.15, 0.2) is 42.6 Å². The monoisotopic (exact) mass is 201 g/mol. The van der Waals surface area contributed by atoms with Crippen molar-refractivity contribution in [2.24, 2.45) is 0 Å². The molecule has 0 fully saturated rings. The summed E-state index contributed by atoms with van der Waals surface area (Å²) in [6.07, 6.45) is 2.06. The molecule has 0 aliphatic heterocycles. The molecule has 1 heteroatoms. The van der Waals surface area contributed by atoms with Gasteiger partial charge in [-0.3, -0.25) is 0 Å². The second kappa shape index (κ2) is 5.40. The van der Waals surface area contributed by atoms with E-state index in [0.29, 0.717) is 0 Å². The van der Waals surface area contributed by atoms with Gasteiger partial charge in [-0.05, 0) is 31.9 Å². The van der Waals surface area contributed by atoms with Crippen LogP contribution in [0.2, 0.25) is 0 Å². The van der Waals surface area contributed by atoms with Crippen molar-refractivity contribution in [2.75, 3.05) is 6.54 Å². The first-order valence-corrected chi connectivity index (χ1v) is 5.35. The van der Waals surface area contributed by atoms with Crippen LogP contribution in [0.25, 0.3) is 5.57 Å². The van der Waals surface area contributed by atoms with Gasteiger partial charge in [0.05, 0.1) is 0 Å². The highest BCUT2D eigenvalue weighted by molar-refractivity contribution is 5.76. The summed E-state index contributed by atoms with van der Waals surface area (Å²) in [7, 11) is 0. The molecule has 15 heavy (non-hydrogen) atoms. The number of hydrogen-bond acceptors (Lipinski definition) is 1. The maximum Gasteiger partial charge on any atom is 0.0370 e. The summed E-state index contributed by atoms with van der Waals surface area (Å²) in [6, 6.07) is 8.41. The molecule has 0 heterocycles. The Hall–Kier alpha value is -1.50. The summed E-state index contributed by atoms with van der Waals surface area (Å²) < 4.78 is 0. The van der Waals surface area contributed by atoms with Gasteiger partial charge in [0, 0.05) is 12.2 Å². The van der Waals surface area contributed by atoms with Crippen molar-refractivity contribution in [3.63, 3.8) is 0 Å². The van der Waals surface area contributed by atoms with Crippen molar-refractivity contribution in [1.82, 2.24) is 5.32 Å². The molecule has 0 unspecified atom stereocenters. The minimum atomic E-state index is 0.921. The number of nitrogens with one attached hydrogen (secondary N) is 1. The number of rotatable bonds is 4. The van der Waals surface area contributed by atoms with Gasteiger partial charge in [-0.1, -0.05) is 42.5 Å². The van der Waals surface area contributed by atoms with Gasteiger partial charge < -0.3 is 5.32 Å². The first-order chi connectivity index (χ1) is 7.19. The molecule has 80 valence electrons. The SMILES string of the molecule is C=C(/C(=C/C)NCC)c1cccc(C)c1. The Kier molecular flexibility index (Phi) is 4.17. The quantitative estimate of drug-likeness (QED) is 0.735. The van der Waals surface area contributed by atoms with Crippen molar-refractivity contribution >= 4 is 5.57 Å². The number of likely N-dealkylation sites (N-methyl/N-ethyl adjacent to an activating group) is 1. The van der Waals surface area contributed by atoms with Gasteiger partial charge in [0.25, 0.3) is 0 Å². The van der Waals surface area contributed by atoms with Crippen LogP contribution < -0.4 is 5.32 Å². The third kappa shape index (κ3) is 2.98. The summed E-state index contributed by atoms with van der Waals surface area (Å²) >= 11 is 0. The van der Waals surface area contributed by atoms with Crippen molar-refractivity contribution in [2.45, 2.75) is 20.8 Å². The van der Waals surface area contributed by atoms with E-state index in [2.05, 4.69) is 56.1 Å². The van der Waals surface area contributed by atoms with E-state index >= 15 is 0 Å². The first kappa shape index (κ1) is 11.6. The summed E-state index contributed by atoms with van der Waals surface area (Å²) in [5.74, 6) is 0. The fourth-order valence-corrected chi connectivity index (χ4v) is 1.56. The lowest BCUT2D eigenvalue weighted by atomic mass is 10.0. The lowest BCUT2D eigenvalue weighted by molar-refractivity contribution is 0.882. The lowest BCUT2D eigenvalue weighted by Crippen LogP contribution is -2.12. The van der Waals surface area contributed by atoms with E-state index in [-0.39, 0.29) is 0 Å². The van der Waals surface area contributed by atoms with E-state index in [1.807, 2.05) is 6.92 Å². The van der Waals surface area contributed by atoms with E-state index < -0.39 is 0 Å². The van der Waals surface area contributed by atoms with Gasteiger partial charge in [0.2, 0.25) is 0 Å². The summed E-state index contributed by atoms with van der Waals surface area (Å²) in [5.41, 5.74) is 4.62.